The molecule has 0 spiro atoms. The highest BCUT2D eigenvalue weighted by Crippen LogP contribution is 2.27. The maximum absolute atomic E-state index is 12.2. The van der Waals surface area contributed by atoms with Crippen LogP contribution in [0.5, 0.6) is 0 Å². The zero-order valence-corrected chi connectivity index (χ0v) is 10.8. The first kappa shape index (κ1) is 12.0. The summed E-state index contributed by atoms with van der Waals surface area (Å²) < 4.78 is 3.56. The second-order valence-corrected chi connectivity index (χ2v) is 5.23. The van der Waals surface area contributed by atoms with Gasteiger partial charge in [0.15, 0.2) is 16.3 Å². The highest BCUT2D eigenvalue weighted by molar-refractivity contribution is 7.99. The summed E-state index contributed by atoms with van der Waals surface area (Å²) in [6, 6.07) is 0. The fourth-order valence-corrected chi connectivity index (χ4v) is 3.11. The van der Waals surface area contributed by atoms with E-state index < -0.39 is 23.8 Å². The van der Waals surface area contributed by atoms with Crippen molar-refractivity contribution in [1.29, 1.82) is 0 Å². The number of carbonyl (C=O) groups excluding carboxylic acids is 1. The Morgan fingerprint density at radius 3 is 2.89 bits per heavy atom. The van der Waals surface area contributed by atoms with Crippen LogP contribution in [0.25, 0.3) is 11.2 Å². The lowest BCUT2D eigenvalue weighted by Crippen LogP contribution is -2.44. The normalized spacial score (nSPS) is 13.9. The maximum Gasteiger partial charge on any atom is 0.332 e. The van der Waals surface area contributed by atoms with E-state index in [1.54, 1.807) is 4.57 Å². The molecule has 0 N–H and O–H groups in total. The number of aromatic nitrogens is 4. The number of hydrogen-bond donors (Lipinski definition) is 0. The highest BCUT2D eigenvalue weighted by atomic mass is 32.2. The molecule has 2 aromatic heterocycles. The number of carboxylic acid groups (broad SMARTS) is 1. The average molecular weight is 281 g/mol. The molecule has 3 heterocycles. The molecule has 0 saturated carbocycles. The van der Waals surface area contributed by atoms with Crippen molar-refractivity contribution in [1.82, 2.24) is 18.7 Å². The van der Waals surface area contributed by atoms with Crippen LogP contribution >= 0.6 is 11.8 Å². The summed E-state index contributed by atoms with van der Waals surface area (Å²) in [6.07, 6.45) is 0. The second kappa shape index (κ2) is 3.98. The average Bonchev–Trinajstić information content (AvgIpc) is 2.91. The number of nitrogens with zero attached hydrogens (tertiary/aromatic N) is 4. The molecule has 2 aromatic rings. The Morgan fingerprint density at radius 2 is 2.21 bits per heavy atom. The summed E-state index contributed by atoms with van der Waals surface area (Å²) in [7, 11) is 1.46. The molecule has 1 aliphatic heterocycles. The van der Waals surface area contributed by atoms with Gasteiger partial charge in [-0.15, -0.1) is 0 Å². The number of aliphatic carboxylic acids is 1. The van der Waals surface area contributed by atoms with Crippen LogP contribution in [-0.2, 0) is 24.9 Å². The Morgan fingerprint density at radius 1 is 1.47 bits per heavy atom. The molecule has 0 unspecified atom stereocenters. The highest BCUT2D eigenvalue weighted by Gasteiger charge is 2.23. The van der Waals surface area contributed by atoms with Gasteiger partial charge in [0.2, 0.25) is 0 Å². The van der Waals surface area contributed by atoms with Crippen molar-refractivity contribution in [3.8, 4) is 0 Å². The predicted octanol–water partition coefficient (Wildman–Crippen LogP) is -2.25. The third kappa shape index (κ3) is 1.61. The van der Waals surface area contributed by atoms with E-state index in [0.29, 0.717) is 16.3 Å². The molecule has 0 amide bonds. The third-order valence-corrected chi connectivity index (χ3v) is 3.99. The van der Waals surface area contributed by atoms with E-state index in [1.807, 2.05) is 0 Å². The van der Waals surface area contributed by atoms with Crippen molar-refractivity contribution in [2.45, 2.75) is 18.2 Å². The lowest BCUT2D eigenvalue weighted by Gasteiger charge is -2.09. The van der Waals surface area contributed by atoms with E-state index in [9.17, 15) is 19.5 Å². The van der Waals surface area contributed by atoms with Gasteiger partial charge in [0.1, 0.15) is 0 Å². The standard InChI is InChI=1S/C10H10N4O4S/c1-12-7-6(13-2-3-19-9(13)11-7)8(17)14(10(12)18)4-5(15)16/h2-4H2,1H3,(H,15,16)/p-1. The Bertz CT molecular complexity index is 816. The minimum Gasteiger partial charge on any atom is -0.548 e. The van der Waals surface area contributed by atoms with Crippen LogP contribution in [0.1, 0.15) is 0 Å². The van der Waals surface area contributed by atoms with Gasteiger partial charge in [0.05, 0.1) is 12.5 Å². The first-order valence-electron chi connectivity index (χ1n) is 5.53. The van der Waals surface area contributed by atoms with Gasteiger partial charge >= 0.3 is 5.69 Å². The maximum atomic E-state index is 12.2. The number of carboxylic acids is 1. The molecule has 8 nitrogen and oxygen atoms in total. The lowest BCUT2D eigenvalue weighted by atomic mass is 10.4. The smallest absolute Gasteiger partial charge is 0.332 e. The molecule has 100 valence electrons. The number of aryl methyl sites for hydroxylation is 2. The van der Waals surface area contributed by atoms with Gasteiger partial charge < -0.3 is 14.5 Å². The van der Waals surface area contributed by atoms with Crippen LogP contribution in [-0.4, -0.2) is 30.4 Å². The van der Waals surface area contributed by atoms with E-state index in [0.717, 1.165) is 5.75 Å². The van der Waals surface area contributed by atoms with Crippen molar-refractivity contribution in [2.75, 3.05) is 5.75 Å². The SMILES string of the molecule is Cn1c(=O)n(CC(=O)[O-])c(=O)c2c1nc1n2CCS1. The van der Waals surface area contributed by atoms with E-state index in [4.69, 9.17) is 0 Å². The molecule has 9 heteroatoms. The fraction of sp³-hybridized carbons (Fsp3) is 0.400. The molecule has 0 radical (unpaired) electrons. The molecule has 0 fully saturated rings. The molecule has 3 rings (SSSR count). The molecule has 0 saturated heterocycles. The largest absolute Gasteiger partial charge is 0.548 e. The molecule has 0 aromatic carbocycles. The lowest BCUT2D eigenvalue weighted by molar-refractivity contribution is -0.306. The van der Waals surface area contributed by atoms with E-state index in [2.05, 4.69) is 4.98 Å². The zero-order chi connectivity index (χ0) is 13.7. The van der Waals surface area contributed by atoms with Crippen molar-refractivity contribution in [3.05, 3.63) is 20.8 Å². The number of fused-ring (bicyclic) bond motifs is 3. The zero-order valence-electron chi connectivity index (χ0n) is 9.95. The van der Waals surface area contributed by atoms with E-state index >= 15 is 0 Å². The van der Waals surface area contributed by atoms with Gasteiger partial charge in [-0.25, -0.2) is 9.78 Å². The molecular formula is C10H9N4O4S-. The molecule has 1 aliphatic rings. The Kier molecular flexibility index (Phi) is 2.52. The van der Waals surface area contributed by atoms with Gasteiger partial charge in [-0.2, -0.15) is 0 Å². The molecule has 19 heavy (non-hydrogen) atoms. The van der Waals surface area contributed by atoms with Crippen LogP contribution < -0.4 is 16.4 Å². The molecular weight excluding hydrogens is 272 g/mol. The van der Waals surface area contributed by atoms with Crippen molar-refractivity contribution in [3.63, 3.8) is 0 Å². The fourth-order valence-electron chi connectivity index (χ4n) is 2.17. The Labute approximate surface area is 110 Å². The summed E-state index contributed by atoms with van der Waals surface area (Å²) in [5.41, 5.74) is -0.790. The third-order valence-electron chi connectivity index (χ3n) is 3.03. The van der Waals surface area contributed by atoms with Gasteiger partial charge in [0.25, 0.3) is 5.56 Å². The van der Waals surface area contributed by atoms with Gasteiger partial charge in [0, 0.05) is 19.3 Å². The summed E-state index contributed by atoms with van der Waals surface area (Å²) in [6.45, 7) is -0.135. The van der Waals surface area contributed by atoms with Crippen LogP contribution in [0.2, 0.25) is 0 Å². The monoisotopic (exact) mass is 281 g/mol. The first-order valence-corrected chi connectivity index (χ1v) is 6.52. The van der Waals surface area contributed by atoms with Crippen molar-refractivity contribution in [2.24, 2.45) is 7.05 Å². The van der Waals surface area contributed by atoms with E-state index in [-0.39, 0.29) is 11.2 Å². The first-order chi connectivity index (χ1) is 9.00. The van der Waals surface area contributed by atoms with Gasteiger partial charge in [-0.1, -0.05) is 11.8 Å². The summed E-state index contributed by atoms with van der Waals surface area (Å²) in [5.74, 6) is -0.671. The molecule has 0 bridgehead atoms. The van der Waals surface area contributed by atoms with Gasteiger partial charge in [-0.05, 0) is 0 Å². The van der Waals surface area contributed by atoms with Crippen LogP contribution in [0.3, 0.4) is 0 Å². The van der Waals surface area contributed by atoms with Crippen molar-refractivity contribution >= 4 is 28.9 Å². The van der Waals surface area contributed by atoms with Crippen LogP contribution in [0.15, 0.2) is 14.7 Å². The topological polar surface area (TPSA) is 102 Å². The van der Waals surface area contributed by atoms with Gasteiger partial charge in [-0.3, -0.25) is 13.9 Å². The van der Waals surface area contributed by atoms with E-state index in [1.165, 1.54) is 23.4 Å². The second-order valence-electron chi connectivity index (χ2n) is 4.17. The van der Waals surface area contributed by atoms with Crippen LogP contribution in [0, 0.1) is 0 Å². The van der Waals surface area contributed by atoms with Crippen LogP contribution in [0.4, 0.5) is 0 Å². The number of thioether (sulfide) groups is 1. The number of carbonyl (C=O) groups is 1. The minimum absolute atomic E-state index is 0.267. The quantitative estimate of drug-likeness (QED) is 0.616. The summed E-state index contributed by atoms with van der Waals surface area (Å²) in [5, 5.41) is 11.3. The number of hydrogen-bond acceptors (Lipinski definition) is 6. The Balaban J connectivity index is 2.44. The number of imidazole rings is 1. The van der Waals surface area contributed by atoms with Crippen molar-refractivity contribution < 1.29 is 9.90 Å². The number of rotatable bonds is 2. The predicted molar refractivity (Wildman–Crippen MR) is 65.0 cm³/mol. The molecule has 0 aliphatic carbocycles. The summed E-state index contributed by atoms with van der Waals surface area (Å²) in [4.78, 5) is 39.1. The minimum atomic E-state index is -1.48. The molecule has 0 atom stereocenters. The summed E-state index contributed by atoms with van der Waals surface area (Å²) >= 11 is 1.50. The Hall–Kier alpha value is -2.03.